The van der Waals surface area contributed by atoms with Gasteiger partial charge in [-0.3, -0.25) is 14.8 Å². The van der Waals surface area contributed by atoms with Crippen molar-refractivity contribution in [3.05, 3.63) is 35.5 Å². The number of benzene rings is 1. The minimum atomic E-state index is -3.09. The minimum Gasteiger partial charge on any atom is -0.442 e. The van der Waals surface area contributed by atoms with Crippen molar-refractivity contribution in [3.8, 4) is 11.3 Å². The van der Waals surface area contributed by atoms with Gasteiger partial charge in [0, 0.05) is 11.3 Å². The van der Waals surface area contributed by atoms with Gasteiger partial charge in [-0.05, 0) is 42.5 Å². The van der Waals surface area contributed by atoms with Crippen LogP contribution in [0.5, 0.6) is 0 Å². The van der Waals surface area contributed by atoms with E-state index in [0.717, 1.165) is 36.1 Å². The number of carbonyl (C=O) groups excluding carboxylic acids is 2. The van der Waals surface area contributed by atoms with Gasteiger partial charge in [-0.15, -0.1) is 0 Å². The molecule has 2 aliphatic rings. The van der Waals surface area contributed by atoms with Gasteiger partial charge >= 0.3 is 12.5 Å². The van der Waals surface area contributed by atoms with Gasteiger partial charge in [0.15, 0.2) is 0 Å². The fourth-order valence-electron chi connectivity index (χ4n) is 3.53. The number of carbonyl (C=O) groups is 2. The summed E-state index contributed by atoms with van der Waals surface area (Å²) in [7, 11) is 0. The third-order valence-electron chi connectivity index (χ3n) is 4.86. The third-order valence-corrected chi connectivity index (χ3v) is 4.86. The van der Waals surface area contributed by atoms with Crippen LogP contribution in [0.15, 0.2) is 24.4 Å². The maximum atomic E-state index is 12.3. The molecule has 1 aromatic carbocycles. The first-order valence-corrected chi connectivity index (χ1v) is 8.72. The Morgan fingerprint density at radius 3 is 3.00 bits per heavy atom. The van der Waals surface area contributed by atoms with Crippen LogP contribution in [-0.2, 0) is 22.4 Å². The van der Waals surface area contributed by atoms with Crippen LogP contribution in [0.1, 0.15) is 17.5 Å². The molecule has 0 saturated carbocycles. The van der Waals surface area contributed by atoms with Crippen LogP contribution in [0.4, 0.5) is 19.3 Å². The predicted octanol–water partition coefficient (Wildman–Crippen LogP) is 2.27. The van der Waals surface area contributed by atoms with Crippen molar-refractivity contribution in [2.75, 3.05) is 18.0 Å². The van der Waals surface area contributed by atoms with Gasteiger partial charge in [-0.25, -0.2) is 4.79 Å². The molecule has 4 rings (SSSR count). The zero-order valence-electron chi connectivity index (χ0n) is 14.4. The van der Waals surface area contributed by atoms with Crippen LogP contribution < -0.4 is 10.2 Å². The number of ether oxygens (including phenoxy) is 1. The molecule has 0 radical (unpaired) electrons. The molecule has 142 valence electrons. The highest BCUT2D eigenvalue weighted by Crippen LogP contribution is 2.34. The van der Waals surface area contributed by atoms with E-state index >= 15 is 0 Å². The Morgan fingerprint density at radius 1 is 1.37 bits per heavy atom. The number of aromatic nitrogens is 2. The van der Waals surface area contributed by atoms with Crippen molar-refractivity contribution in [3.63, 3.8) is 0 Å². The number of nitrogens with zero attached hydrogens (tertiary/aromatic N) is 2. The molecular weight excluding hydrogens is 358 g/mol. The highest BCUT2D eigenvalue weighted by Gasteiger charge is 2.33. The molecule has 9 heteroatoms. The summed E-state index contributed by atoms with van der Waals surface area (Å²) < 4.78 is 29.7. The second-order valence-corrected chi connectivity index (χ2v) is 6.63. The van der Waals surface area contributed by atoms with Gasteiger partial charge in [0.1, 0.15) is 6.10 Å². The van der Waals surface area contributed by atoms with Crippen LogP contribution in [0, 0.1) is 0 Å². The Bertz CT molecular complexity index is 883. The van der Waals surface area contributed by atoms with Crippen LogP contribution in [0.3, 0.4) is 0 Å². The zero-order valence-corrected chi connectivity index (χ0v) is 14.4. The summed E-state index contributed by atoms with van der Waals surface area (Å²) >= 11 is 0. The second kappa shape index (κ2) is 6.98. The summed E-state index contributed by atoms with van der Waals surface area (Å²) in [6, 6.07) is 5.73. The lowest BCUT2D eigenvalue weighted by molar-refractivity contribution is -0.132. The molecular formula is C18H18F2N4O3. The zero-order chi connectivity index (χ0) is 19.0. The smallest absolute Gasteiger partial charge is 0.414 e. The number of halogens is 2. The maximum absolute atomic E-state index is 12.3. The van der Waals surface area contributed by atoms with Crippen LogP contribution in [0.2, 0.25) is 0 Å². The lowest BCUT2D eigenvalue weighted by Crippen LogP contribution is -2.37. The minimum absolute atomic E-state index is 0.145. The fourth-order valence-corrected chi connectivity index (χ4v) is 3.53. The molecule has 2 N–H and O–H groups in total. The van der Waals surface area contributed by atoms with E-state index in [9.17, 15) is 18.4 Å². The van der Waals surface area contributed by atoms with Crippen LogP contribution in [0.25, 0.3) is 11.3 Å². The number of cyclic esters (lactones) is 1. The maximum Gasteiger partial charge on any atom is 0.414 e. The van der Waals surface area contributed by atoms with Crippen LogP contribution >= 0.6 is 0 Å². The van der Waals surface area contributed by atoms with E-state index in [1.807, 2.05) is 24.4 Å². The molecule has 7 nitrogen and oxygen atoms in total. The lowest BCUT2D eigenvalue weighted by Gasteiger charge is -2.16. The van der Waals surface area contributed by atoms with Crippen molar-refractivity contribution in [1.29, 1.82) is 0 Å². The number of nitrogens with one attached hydrogen (secondary N) is 2. The van der Waals surface area contributed by atoms with Crippen molar-refractivity contribution in [1.82, 2.24) is 15.5 Å². The number of hydrogen-bond acceptors (Lipinski definition) is 4. The number of anilines is 1. The monoisotopic (exact) mass is 376 g/mol. The SMILES string of the molecule is O=C(NC[C@H]1CN(c2ccc3c(c2)CCCc2cn[nH]c2-3)C(=O)O1)C(F)F. The number of hydrogen-bond donors (Lipinski definition) is 2. The topological polar surface area (TPSA) is 87.3 Å². The summed E-state index contributed by atoms with van der Waals surface area (Å²) in [6.45, 7) is 0.0459. The van der Waals surface area contributed by atoms with Gasteiger partial charge < -0.3 is 10.1 Å². The van der Waals surface area contributed by atoms with Crippen molar-refractivity contribution < 1.29 is 23.1 Å². The first-order valence-electron chi connectivity index (χ1n) is 8.72. The van der Waals surface area contributed by atoms with E-state index < -0.39 is 24.5 Å². The quantitative estimate of drug-likeness (QED) is 0.857. The third kappa shape index (κ3) is 3.36. The average Bonchev–Trinajstić information content (AvgIpc) is 3.22. The number of amides is 2. The highest BCUT2D eigenvalue weighted by molar-refractivity contribution is 5.90. The summed E-state index contributed by atoms with van der Waals surface area (Å²) in [5.41, 5.74) is 5.04. The van der Waals surface area contributed by atoms with Gasteiger partial charge in [-0.1, -0.05) is 6.07 Å². The second-order valence-electron chi connectivity index (χ2n) is 6.63. The Morgan fingerprint density at radius 2 is 2.19 bits per heavy atom. The van der Waals surface area contributed by atoms with E-state index in [2.05, 4.69) is 15.5 Å². The lowest BCUT2D eigenvalue weighted by atomic mass is 10.0. The Hall–Kier alpha value is -2.97. The number of rotatable bonds is 4. The van der Waals surface area contributed by atoms with E-state index in [1.54, 1.807) is 0 Å². The Balaban J connectivity index is 1.51. The molecule has 1 fully saturated rings. The number of alkyl halides is 2. The molecule has 1 aliphatic heterocycles. The fraction of sp³-hybridized carbons (Fsp3) is 0.389. The summed E-state index contributed by atoms with van der Waals surface area (Å²) in [6.07, 6.45) is 0.329. The number of aromatic amines is 1. The van der Waals surface area contributed by atoms with Gasteiger partial charge in [-0.2, -0.15) is 13.9 Å². The molecule has 27 heavy (non-hydrogen) atoms. The van der Waals surface area contributed by atoms with Crippen molar-refractivity contribution >= 4 is 17.7 Å². The molecule has 2 aromatic rings. The summed E-state index contributed by atoms with van der Waals surface area (Å²) in [5.74, 6) is -1.37. The molecule has 1 aliphatic carbocycles. The average molecular weight is 376 g/mol. The van der Waals surface area contributed by atoms with Crippen LogP contribution in [-0.4, -0.2) is 47.8 Å². The van der Waals surface area contributed by atoms with Crippen molar-refractivity contribution in [2.45, 2.75) is 31.8 Å². The van der Waals surface area contributed by atoms with E-state index in [-0.39, 0.29) is 13.1 Å². The van der Waals surface area contributed by atoms with Crippen molar-refractivity contribution in [2.24, 2.45) is 0 Å². The molecule has 1 atom stereocenters. The van der Waals surface area contributed by atoms with E-state index in [0.29, 0.717) is 5.69 Å². The number of aryl methyl sites for hydroxylation is 2. The molecule has 0 unspecified atom stereocenters. The molecule has 0 bridgehead atoms. The first-order chi connectivity index (χ1) is 13.0. The number of fused-ring (bicyclic) bond motifs is 3. The predicted molar refractivity (Wildman–Crippen MR) is 92.7 cm³/mol. The molecule has 1 saturated heterocycles. The van der Waals surface area contributed by atoms with Gasteiger partial charge in [0.05, 0.1) is 25.0 Å². The number of H-pyrrole nitrogens is 1. The Kier molecular flexibility index (Phi) is 4.51. The molecule has 0 spiro atoms. The molecule has 1 aromatic heterocycles. The van der Waals surface area contributed by atoms with E-state index in [4.69, 9.17) is 4.74 Å². The largest absolute Gasteiger partial charge is 0.442 e. The normalized spacial score (nSPS) is 18.7. The molecule has 2 heterocycles. The highest BCUT2D eigenvalue weighted by atomic mass is 19.3. The van der Waals surface area contributed by atoms with Gasteiger partial charge in [0.2, 0.25) is 0 Å². The first kappa shape index (κ1) is 17.4. The van der Waals surface area contributed by atoms with E-state index in [1.165, 1.54) is 10.5 Å². The Labute approximate surface area is 153 Å². The summed E-state index contributed by atoms with van der Waals surface area (Å²) in [4.78, 5) is 24.6. The standard InChI is InChI=1S/C18H18F2N4O3/c19-16(20)17(25)21-8-13-9-24(18(26)27-13)12-4-5-14-10(6-12)2-1-3-11-7-22-23-15(11)14/h4-7,13,16H,1-3,8-9H2,(H,21,25)(H,22,23)/t13-/m0/s1. The molecule has 2 amide bonds. The van der Waals surface area contributed by atoms with Gasteiger partial charge in [0.25, 0.3) is 5.91 Å². The summed E-state index contributed by atoms with van der Waals surface area (Å²) in [5, 5.41) is 9.23.